The molecule has 9 heteroatoms. The third-order valence-corrected chi connectivity index (χ3v) is 6.17. The summed E-state index contributed by atoms with van der Waals surface area (Å²) in [6, 6.07) is 15.1. The van der Waals surface area contributed by atoms with Gasteiger partial charge in [0, 0.05) is 19.3 Å². The van der Waals surface area contributed by atoms with Gasteiger partial charge in [-0.25, -0.2) is 4.98 Å². The number of anilines is 1. The lowest BCUT2D eigenvalue weighted by Gasteiger charge is -2.14. The van der Waals surface area contributed by atoms with Crippen LogP contribution in [-0.2, 0) is 11.2 Å². The van der Waals surface area contributed by atoms with E-state index in [1.807, 2.05) is 30.3 Å². The maximum absolute atomic E-state index is 13.1. The Labute approximate surface area is 188 Å². The van der Waals surface area contributed by atoms with Crippen LogP contribution in [-0.4, -0.2) is 49.3 Å². The van der Waals surface area contributed by atoms with Crippen LogP contribution in [0, 0.1) is 0 Å². The SMILES string of the molecule is O=C1C(=Cc2c(NCCO)nc3ccccn3c2=O)SC(=S)N1CCc1ccccc1. The Balaban J connectivity index is 1.66. The topological polar surface area (TPSA) is 86.9 Å². The van der Waals surface area contributed by atoms with Crippen LogP contribution >= 0.6 is 24.0 Å². The van der Waals surface area contributed by atoms with E-state index in [9.17, 15) is 14.7 Å². The van der Waals surface area contributed by atoms with Gasteiger partial charge in [-0.3, -0.25) is 18.9 Å². The molecule has 1 aliphatic rings. The van der Waals surface area contributed by atoms with Gasteiger partial charge in [-0.2, -0.15) is 0 Å². The van der Waals surface area contributed by atoms with Crippen LogP contribution in [0.4, 0.5) is 5.82 Å². The van der Waals surface area contributed by atoms with Gasteiger partial charge in [0.15, 0.2) is 0 Å². The number of pyridine rings is 1. The molecule has 0 bridgehead atoms. The van der Waals surface area contributed by atoms with Gasteiger partial charge in [-0.1, -0.05) is 60.4 Å². The Morgan fingerprint density at radius 2 is 1.90 bits per heavy atom. The maximum atomic E-state index is 13.1. The number of carbonyl (C=O) groups is 1. The molecule has 0 spiro atoms. The van der Waals surface area contributed by atoms with Crippen molar-refractivity contribution < 1.29 is 9.90 Å². The molecular weight excluding hydrogens is 432 g/mol. The van der Waals surface area contributed by atoms with Crippen molar-refractivity contribution in [2.24, 2.45) is 0 Å². The number of benzene rings is 1. The molecule has 3 aromatic rings. The Morgan fingerprint density at radius 1 is 1.13 bits per heavy atom. The number of fused-ring (bicyclic) bond motifs is 1. The second kappa shape index (κ2) is 9.42. The maximum Gasteiger partial charge on any atom is 0.267 e. The lowest BCUT2D eigenvalue weighted by atomic mass is 10.1. The summed E-state index contributed by atoms with van der Waals surface area (Å²) in [5.74, 6) is 0.0939. The van der Waals surface area contributed by atoms with Gasteiger partial charge in [0.1, 0.15) is 15.8 Å². The van der Waals surface area contributed by atoms with Crippen LogP contribution in [0.25, 0.3) is 11.7 Å². The van der Waals surface area contributed by atoms with Gasteiger partial charge < -0.3 is 10.4 Å². The van der Waals surface area contributed by atoms with Crippen molar-refractivity contribution in [1.29, 1.82) is 0 Å². The molecule has 1 amide bonds. The lowest BCUT2D eigenvalue weighted by molar-refractivity contribution is -0.122. The van der Waals surface area contributed by atoms with Gasteiger partial charge in [-0.05, 0) is 30.2 Å². The number of amides is 1. The summed E-state index contributed by atoms with van der Waals surface area (Å²) in [6.07, 6.45) is 3.85. The number of thioether (sulfide) groups is 1. The zero-order chi connectivity index (χ0) is 21.8. The minimum Gasteiger partial charge on any atom is -0.395 e. The molecule has 7 nitrogen and oxygen atoms in total. The molecule has 0 atom stereocenters. The zero-order valence-electron chi connectivity index (χ0n) is 16.5. The highest BCUT2D eigenvalue weighted by molar-refractivity contribution is 8.26. The van der Waals surface area contributed by atoms with Crippen molar-refractivity contribution >= 4 is 51.7 Å². The Kier molecular flexibility index (Phi) is 6.45. The van der Waals surface area contributed by atoms with Crippen LogP contribution < -0.4 is 10.9 Å². The van der Waals surface area contributed by atoms with E-state index in [1.54, 1.807) is 29.3 Å². The van der Waals surface area contributed by atoms with Gasteiger partial charge >= 0.3 is 0 Å². The quantitative estimate of drug-likeness (QED) is 0.421. The zero-order valence-corrected chi connectivity index (χ0v) is 18.2. The number of rotatable bonds is 7. The highest BCUT2D eigenvalue weighted by Gasteiger charge is 2.32. The number of aliphatic hydroxyl groups excluding tert-OH is 1. The van der Waals surface area contributed by atoms with Crippen LogP contribution in [0.1, 0.15) is 11.1 Å². The predicted octanol–water partition coefficient (Wildman–Crippen LogP) is 2.54. The van der Waals surface area contributed by atoms with Crippen LogP contribution in [0.5, 0.6) is 0 Å². The average molecular weight is 453 g/mol. The van der Waals surface area contributed by atoms with E-state index in [4.69, 9.17) is 12.2 Å². The molecule has 0 aliphatic carbocycles. The fourth-order valence-corrected chi connectivity index (χ4v) is 4.54. The first-order valence-corrected chi connectivity index (χ1v) is 11.0. The Morgan fingerprint density at radius 3 is 2.68 bits per heavy atom. The molecule has 2 N–H and O–H groups in total. The molecule has 2 aromatic heterocycles. The number of hydrogen-bond donors (Lipinski definition) is 2. The van der Waals surface area contributed by atoms with Crippen molar-refractivity contribution in [2.75, 3.05) is 25.0 Å². The van der Waals surface area contributed by atoms with Crippen molar-refractivity contribution in [3.63, 3.8) is 0 Å². The molecule has 3 heterocycles. The Bertz CT molecular complexity index is 1220. The van der Waals surface area contributed by atoms with Gasteiger partial charge in [0.05, 0.1) is 17.1 Å². The molecule has 1 saturated heterocycles. The minimum atomic E-state index is -0.305. The summed E-state index contributed by atoms with van der Waals surface area (Å²) in [5, 5.41) is 12.1. The van der Waals surface area contributed by atoms with E-state index < -0.39 is 0 Å². The Hall–Kier alpha value is -3.01. The molecular formula is C22H20N4O3S2. The summed E-state index contributed by atoms with van der Waals surface area (Å²) < 4.78 is 1.89. The van der Waals surface area contributed by atoms with E-state index in [0.29, 0.717) is 33.7 Å². The fourth-order valence-electron chi connectivity index (χ4n) is 3.25. The van der Waals surface area contributed by atoms with E-state index in [0.717, 1.165) is 5.56 Å². The third kappa shape index (κ3) is 4.53. The molecule has 1 fully saturated rings. The third-order valence-electron chi connectivity index (χ3n) is 4.79. The predicted molar refractivity (Wildman–Crippen MR) is 127 cm³/mol. The molecule has 4 rings (SSSR count). The number of nitrogens with zero attached hydrogens (tertiary/aromatic N) is 3. The van der Waals surface area contributed by atoms with Crippen molar-refractivity contribution in [3.8, 4) is 0 Å². The van der Waals surface area contributed by atoms with E-state index >= 15 is 0 Å². The number of carbonyl (C=O) groups excluding carboxylic acids is 1. The molecule has 158 valence electrons. The van der Waals surface area contributed by atoms with Crippen molar-refractivity contribution in [1.82, 2.24) is 14.3 Å². The lowest BCUT2D eigenvalue weighted by Crippen LogP contribution is -2.30. The number of aliphatic hydroxyl groups is 1. The van der Waals surface area contributed by atoms with Crippen LogP contribution in [0.2, 0.25) is 0 Å². The fraction of sp³-hybridized carbons (Fsp3) is 0.182. The summed E-state index contributed by atoms with van der Waals surface area (Å²) in [5.41, 5.74) is 1.54. The van der Waals surface area contributed by atoms with E-state index in [1.165, 1.54) is 22.2 Å². The highest BCUT2D eigenvalue weighted by Crippen LogP contribution is 2.33. The molecule has 1 aliphatic heterocycles. The summed E-state index contributed by atoms with van der Waals surface area (Å²) >= 11 is 6.59. The monoisotopic (exact) mass is 452 g/mol. The number of aromatic nitrogens is 2. The first-order chi connectivity index (χ1) is 15.1. The minimum absolute atomic E-state index is 0.114. The van der Waals surface area contributed by atoms with Crippen molar-refractivity contribution in [2.45, 2.75) is 6.42 Å². The second-order valence-corrected chi connectivity index (χ2v) is 8.50. The average Bonchev–Trinajstić information content (AvgIpc) is 3.06. The van der Waals surface area contributed by atoms with Crippen molar-refractivity contribution in [3.05, 3.63) is 81.1 Å². The normalized spacial score (nSPS) is 15.3. The standard InChI is InChI=1S/C22H20N4O3S2/c27-13-10-23-19-16(20(28)25-11-5-4-8-18(25)24-19)14-17-21(29)26(22(30)31-17)12-9-15-6-2-1-3-7-15/h1-8,11,14,23,27H,9-10,12-13H2. The van der Waals surface area contributed by atoms with Gasteiger partial charge in [0.25, 0.3) is 11.5 Å². The second-order valence-electron chi connectivity index (χ2n) is 6.83. The molecule has 31 heavy (non-hydrogen) atoms. The first-order valence-electron chi connectivity index (χ1n) is 9.74. The molecule has 0 saturated carbocycles. The van der Waals surface area contributed by atoms with E-state index in [2.05, 4.69) is 10.3 Å². The summed E-state index contributed by atoms with van der Waals surface area (Å²) in [4.78, 5) is 32.5. The van der Waals surface area contributed by atoms with Crippen LogP contribution in [0.15, 0.2) is 64.4 Å². The van der Waals surface area contributed by atoms with Gasteiger partial charge in [0.2, 0.25) is 0 Å². The first kappa shape index (κ1) is 21.2. The smallest absolute Gasteiger partial charge is 0.267 e. The summed E-state index contributed by atoms with van der Waals surface area (Å²) in [7, 11) is 0. The molecule has 1 aromatic carbocycles. The van der Waals surface area contributed by atoms with E-state index in [-0.39, 0.29) is 30.2 Å². The largest absolute Gasteiger partial charge is 0.395 e. The van der Waals surface area contributed by atoms with Gasteiger partial charge in [-0.15, -0.1) is 0 Å². The number of thiocarbonyl (C=S) groups is 1. The summed E-state index contributed by atoms with van der Waals surface area (Å²) in [6.45, 7) is 0.585. The molecule has 0 unspecified atom stereocenters. The number of nitrogens with one attached hydrogen (secondary N) is 1. The van der Waals surface area contributed by atoms with Crippen LogP contribution in [0.3, 0.4) is 0 Å². The highest BCUT2D eigenvalue weighted by atomic mass is 32.2. The number of hydrogen-bond acceptors (Lipinski definition) is 7. The molecule has 0 radical (unpaired) electrons.